The molecule has 18 heavy (non-hydrogen) atoms. The van der Waals surface area contributed by atoms with E-state index in [1.165, 1.54) is 6.20 Å². The lowest BCUT2D eigenvalue weighted by molar-refractivity contribution is 0.0697. The van der Waals surface area contributed by atoms with Crippen LogP contribution >= 0.6 is 0 Å². The summed E-state index contributed by atoms with van der Waals surface area (Å²) >= 11 is 0. The Balaban J connectivity index is 2.28. The van der Waals surface area contributed by atoms with Gasteiger partial charge in [0.15, 0.2) is 5.65 Å². The van der Waals surface area contributed by atoms with Gasteiger partial charge in [0.1, 0.15) is 5.56 Å². The standard InChI is InChI=1S/C12H14N4O2/c1-15-11-8(7-14-15)10(16-4-2-3-5-16)9(6-13-11)12(17)18/h6-7H,2-5H2,1H3,(H,17,18). The van der Waals surface area contributed by atoms with E-state index in [0.29, 0.717) is 0 Å². The molecule has 0 amide bonds. The van der Waals surface area contributed by atoms with Gasteiger partial charge in [0, 0.05) is 26.3 Å². The van der Waals surface area contributed by atoms with E-state index in [9.17, 15) is 9.90 Å². The summed E-state index contributed by atoms with van der Waals surface area (Å²) in [6.07, 6.45) is 5.33. The average molecular weight is 246 g/mol. The highest BCUT2D eigenvalue weighted by Crippen LogP contribution is 2.31. The molecule has 3 heterocycles. The highest BCUT2D eigenvalue weighted by atomic mass is 16.4. The van der Waals surface area contributed by atoms with Crippen molar-refractivity contribution < 1.29 is 9.90 Å². The molecule has 1 fully saturated rings. The summed E-state index contributed by atoms with van der Waals surface area (Å²) in [5.41, 5.74) is 1.75. The van der Waals surface area contributed by atoms with Crippen LogP contribution in [0.4, 0.5) is 5.69 Å². The molecule has 0 bridgehead atoms. The third kappa shape index (κ3) is 1.53. The molecule has 6 nitrogen and oxygen atoms in total. The van der Waals surface area contributed by atoms with Crippen molar-refractivity contribution in [2.45, 2.75) is 12.8 Å². The zero-order valence-electron chi connectivity index (χ0n) is 10.1. The van der Waals surface area contributed by atoms with E-state index < -0.39 is 5.97 Å². The van der Waals surface area contributed by atoms with Crippen LogP contribution in [0.25, 0.3) is 11.0 Å². The summed E-state index contributed by atoms with van der Waals surface area (Å²) in [7, 11) is 1.81. The third-order valence-electron chi connectivity index (χ3n) is 3.39. The second-order valence-corrected chi connectivity index (χ2v) is 4.53. The number of carboxylic acids is 1. The molecule has 6 heteroatoms. The number of rotatable bonds is 2. The summed E-state index contributed by atoms with van der Waals surface area (Å²) in [4.78, 5) is 17.6. The molecule has 94 valence electrons. The van der Waals surface area contributed by atoms with Crippen LogP contribution in [0.15, 0.2) is 12.4 Å². The van der Waals surface area contributed by atoms with E-state index in [1.54, 1.807) is 10.9 Å². The van der Waals surface area contributed by atoms with Crippen molar-refractivity contribution >= 4 is 22.7 Å². The monoisotopic (exact) mass is 246 g/mol. The molecule has 0 radical (unpaired) electrons. The Hall–Kier alpha value is -2.11. The van der Waals surface area contributed by atoms with Gasteiger partial charge in [-0.2, -0.15) is 5.10 Å². The van der Waals surface area contributed by atoms with Gasteiger partial charge < -0.3 is 10.0 Å². The number of nitrogens with zero attached hydrogens (tertiary/aromatic N) is 4. The second kappa shape index (κ2) is 3.97. The minimum absolute atomic E-state index is 0.261. The van der Waals surface area contributed by atoms with Crippen LogP contribution in [0.5, 0.6) is 0 Å². The van der Waals surface area contributed by atoms with E-state index in [2.05, 4.69) is 15.0 Å². The van der Waals surface area contributed by atoms with Gasteiger partial charge in [0.2, 0.25) is 0 Å². The summed E-state index contributed by atoms with van der Waals surface area (Å²) in [6, 6.07) is 0. The number of fused-ring (bicyclic) bond motifs is 1. The number of carbonyl (C=O) groups is 1. The first-order valence-electron chi connectivity index (χ1n) is 5.97. The number of aromatic carboxylic acids is 1. The first-order chi connectivity index (χ1) is 8.68. The molecule has 3 rings (SSSR count). The Labute approximate surface area is 104 Å². The zero-order chi connectivity index (χ0) is 12.7. The fraction of sp³-hybridized carbons (Fsp3) is 0.417. The van der Waals surface area contributed by atoms with Crippen molar-refractivity contribution in [3.8, 4) is 0 Å². The largest absolute Gasteiger partial charge is 0.478 e. The van der Waals surface area contributed by atoms with Crippen LogP contribution in [-0.4, -0.2) is 38.9 Å². The number of hydrogen-bond donors (Lipinski definition) is 1. The van der Waals surface area contributed by atoms with E-state index in [-0.39, 0.29) is 5.56 Å². The Bertz CT molecular complexity index is 614. The van der Waals surface area contributed by atoms with Gasteiger partial charge in [-0.3, -0.25) is 4.68 Å². The lowest BCUT2D eigenvalue weighted by Gasteiger charge is -2.20. The van der Waals surface area contributed by atoms with Crippen LogP contribution in [0.1, 0.15) is 23.2 Å². The Morgan fingerprint density at radius 2 is 2.06 bits per heavy atom. The molecular weight excluding hydrogens is 232 g/mol. The molecular formula is C12H14N4O2. The maximum Gasteiger partial charge on any atom is 0.339 e. The molecule has 0 saturated carbocycles. The van der Waals surface area contributed by atoms with Gasteiger partial charge in [-0.15, -0.1) is 0 Å². The molecule has 0 atom stereocenters. The average Bonchev–Trinajstić information content (AvgIpc) is 2.98. The molecule has 0 aliphatic carbocycles. The molecule has 1 saturated heterocycles. The smallest absolute Gasteiger partial charge is 0.339 e. The topological polar surface area (TPSA) is 71.2 Å². The van der Waals surface area contributed by atoms with Gasteiger partial charge in [0.25, 0.3) is 0 Å². The van der Waals surface area contributed by atoms with Crippen LogP contribution in [0, 0.1) is 0 Å². The van der Waals surface area contributed by atoms with E-state index in [4.69, 9.17) is 0 Å². The zero-order valence-corrected chi connectivity index (χ0v) is 10.1. The number of aromatic nitrogens is 3. The molecule has 2 aromatic rings. The lowest BCUT2D eigenvalue weighted by Crippen LogP contribution is -2.21. The van der Waals surface area contributed by atoms with Gasteiger partial charge in [-0.05, 0) is 12.8 Å². The SMILES string of the molecule is Cn1ncc2c(N3CCCC3)c(C(=O)O)cnc21. The van der Waals surface area contributed by atoms with Crippen LogP contribution in [0.2, 0.25) is 0 Å². The first-order valence-corrected chi connectivity index (χ1v) is 5.97. The molecule has 2 aromatic heterocycles. The van der Waals surface area contributed by atoms with Crippen LogP contribution in [0.3, 0.4) is 0 Å². The van der Waals surface area contributed by atoms with Crippen molar-refractivity contribution in [1.82, 2.24) is 14.8 Å². The number of hydrogen-bond acceptors (Lipinski definition) is 4. The van der Waals surface area contributed by atoms with Gasteiger partial charge in [-0.25, -0.2) is 9.78 Å². The van der Waals surface area contributed by atoms with Gasteiger partial charge >= 0.3 is 5.97 Å². The number of anilines is 1. The molecule has 1 N–H and O–H groups in total. The van der Waals surface area contributed by atoms with Gasteiger partial charge in [0.05, 0.1) is 17.3 Å². The minimum Gasteiger partial charge on any atom is -0.478 e. The highest BCUT2D eigenvalue weighted by molar-refractivity contribution is 6.03. The summed E-state index contributed by atoms with van der Waals surface area (Å²) < 4.78 is 1.67. The summed E-state index contributed by atoms with van der Waals surface area (Å²) in [5, 5.41) is 14.3. The van der Waals surface area contributed by atoms with E-state index >= 15 is 0 Å². The lowest BCUT2D eigenvalue weighted by atomic mass is 10.1. The van der Waals surface area contributed by atoms with E-state index in [1.807, 2.05) is 7.05 Å². The maximum absolute atomic E-state index is 11.3. The molecule has 0 unspecified atom stereocenters. The predicted octanol–water partition coefficient (Wildman–Crippen LogP) is 1.27. The third-order valence-corrected chi connectivity index (χ3v) is 3.39. The van der Waals surface area contributed by atoms with Crippen LogP contribution < -0.4 is 4.90 Å². The number of pyridine rings is 1. The fourth-order valence-corrected chi connectivity index (χ4v) is 2.52. The quantitative estimate of drug-likeness (QED) is 0.864. The van der Waals surface area contributed by atoms with Gasteiger partial charge in [-0.1, -0.05) is 0 Å². The Morgan fingerprint density at radius 1 is 1.33 bits per heavy atom. The van der Waals surface area contributed by atoms with Crippen molar-refractivity contribution in [2.24, 2.45) is 7.05 Å². The molecule has 1 aliphatic heterocycles. The maximum atomic E-state index is 11.3. The Morgan fingerprint density at radius 3 is 2.72 bits per heavy atom. The molecule has 0 spiro atoms. The van der Waals surface area contributed by atoms with Crippen molar-refractivity contribution in [1.29, 1.82) is 0 Å². The fourth-order valence-electron chi connectivity index (χ4n) is 2.52. The molecule has 1 aliphatic rings. The normalized spacial score (nSPS) is 15.5. The van der Waals surface area contributed by atoms with Crippen molar-refractivity contribution in [3.05, 3.63) is 18.0 Å². The number of aryl methyl sites for hydroxylation is 1. The molecule has 0 aromatic carbocycles. The predicted molar refractivity (Wildman–Crippen MR) is 66.9 cm³/mol. The summed E-state index contributed by atoms with van der Waals surface area (Å²) in [5.74, 6) is -0.935. The van der Waals surface area contributed by atoms with E-state index in [0.717, 1.165) is 42.7 Å². The number of carboxylic acid groups (broad SMARTS) is 1. The Kier molecular flexibility index (Phi) is 2.43. The van der Waals surface area contributed by atoms with Crippen LogP contribution in [-0.2, 0) is 7.05 Å². The minimum atomic E-state index is -0.935. The van der Waals surface area contributed by atoms with Crippen molar-refractivity contribution in [3.63, 3.8) is 0 Å². The highest BCUT2D eigenvalue weighted by Gasteiger charge is 2.23. The summed E-state index contributed by atoms with van der Waals surface area (Å²) in [6.45, 7) is 1.79. The first kappa shape index (κ1) is 11.0. The second-order valence-electron chi connectivity index (χ2n) is 4.53. The van der Waals surface area contributed by atoms with Crippen molar-refractivity contribution in [2.75, 3.05) is 18.0 Å².